The SMILES string of the molecule is Cc1nc(CNCc2ccc(NC(=O)OC(C)(C)C)cc2)cs1. The second-order valence-corrected chi connectivity index (χ2v) is 7.35. The lowest BCUT2D eigenvalue weighted by atomic mass is 10.2. The van der Waals surface area contributed by atoms with Gasteiger partial charge in [0.25, 0.3) is 0 Å². The molecule has 0 aliphatic heterocycles. The van der Waals surface area contributed by atoms with E-state index in [1.165, 1.54) is 0 Å². The van der Waals surface area contributed by atoms with E-state index in [-0.39, 0.29) is 0 Å². The Labute approximate surface area is 141 Å². The van der Waals surface area contributed by atoms with Gasteiger partial charge in [-0.3, -0.25) is 5.32 Å². The van der Waals surface area contributed by atoms with E-state index in [9.17, 15) is 4.79 Å². The summed E-state index contributed by atoms with van der Waals surface area (Å²) < 4.78 is 5.22. The van der Waals surface area contributed by atoms with Gasteiger partial charge in [0.1, 0.15) is 5.60 Å². The largest absolute Gasteiger partial charge is 0.444 e. The van der Waals surface area contributed by atoms with E-state index in [2.05, 4.69) is 21.0 Å². The fraction of sp³-hybridized carbons (Fsp3) is 0.412. The Hall–Kier alpha value is -1.92. The second-order valence-electron chi connectivity index (χ2n) is 6.29. The third kappa shape index (κ3) is 6.38. The predicted octanol–water partition coefficient (Wildman–Crippen LogP) is 4.09. The molecule has 0 aliphatic carbocycles. The van der Waals surface area contributed by atoms with Gasteiger partial charge in [-0.15, -0.1) is 11.3 Å². The Kier molecular flexibility index (Phi) is 5.74. The van der Waals surface area contributed by atoms with Crippen LogP contribution in [-0.4, -0.2) is 16.7 Å². The highest BCUT2D eigenvalue weighted by molar-refractivity contribution is 7.09. The quantitative estimate of drug-likeness (QED) is 0.865. The van der Waals surface area contributed by atoms with Crippen molar-refractivity contribution in [1.29, 1.82) is 0 Å². The van der Waals surface area contributed by atoms with Crippen LogP contribution >= 0.6 is 11.3 Å². The van der Waals surface area contributed by atoms with Gasteiger partial charge in [-0.25, -0.2) is 9.78 Å². The van der Waals surface area contributed by atoms with Gasteiger partial charge >= 0.3 is 6.09 Å². The molecule has 0 radical (unpaired) electrons. The normalized spacial score (nSPS) is 11.3. The van der Waals surface area contributed by atoms with Crippen molar-refractivity contribution >= 4 is 23.1 Å². The van der Waals surface area contributed by atoms with Crippen LogP contribution in [0.25, 0.3) is 0 Å². The van der Waals surface area contributed by atoms with Gasteiger partial charge in [-0.05, 0) is 45.4 Å². The molecule has 0 aliphatic rings. The zero-order valence-corrected chi connectivity index (χ0v) is 14.8. The van der Waals surface area contributed by atoms with Gasteiger partial charge < -0.3 is 10.1 Å². The van der Waals surface area contributed by atoms with Crippen LogP contribution in [0, 0.1) is 6.92 Å². The number of benzene rings is 1. The van der Waals surface area contributed by atoms with Gasteiger partial charge in [-0.2, -0.15) is 0 Å². The summed E-state index contributed by atoms with van der Waals surface area (Å²) in [5.74, 6) is 0. The number of hydrogen-bond donors (Lipinski definition) is 2. The lowest BCUT2D eigenvalue weighted by molar-refractivity contribution is 0.0636. The first kappa shape index (κ1) is 17.4. The van der Waals surface area contributed by atoms with Crippen LogP contribution in [0.5, 0.6) is 0 Å². The number of carbonyl (C=O) groups is 1. The number of carbonyl (C=O) groups excluding carboxylic acids is 1. The Balaban J connectivity index is 1.79. The smallest absolute Gasteiger partial charge is 0.412 e. The van der Waals surface area contributed by atoms with E-state index in [0.29, 0.717) is 0 Å². The molecule has 2 rings (SSSR count). The van der Waals surface area contributed by atoms with Crippen molar-refractivity contribution in [1.82, 2.24) is 10.3 Å². The first-order valence-corrected chi connectivity index (χ1v) is 8.40. The summed E-state index contributed by atoms with van der Waals surface area (Å²) in [4.78, 5) is 16.1. The molecule has 1 amide bonds. The van der Waals surface area contributed by atoms with E-state index in [4.69, 9.17) is 4.74 Å². The van der Waals surface area contributed by atoms with Gasteiger partial charge in [0, 0.05) is 24.2 Å². The van der Waals surface area contributed by atoms with Gasteiger partial charge in [0.2, 0.25) is 0 Å². The standard InChI is InChI=1S/C17H23N3O2S/c1-12-19-15(11-23-12)10-18-9-13-5-7-14(8-6-13)20-16(21)22-17(2,3)4/h5-8,11,18H,9-10H2,1-4H3,(H,20,21). The van der Waals surface area contributed by atoms with Crippen molar-refractivity contribution in [2.24, 2.45) is 0 Å². The van der Waals surface area contributed by atoms with E-state index >= 15 is 0 Å². The number of ether oxygens (including phenoxy) is 1. The first-order valence-electron chi connectivity index (χ1n) is 7.52. The number of rotatable bonds is 5. The van der Waals surface area contributed by atoms with Crippen molar-refractivity contribution in [3.63, 3.8) is 0 Å². The number of aromatic nitrogens is 1. The Bertz CT molecular complexity index is 645. The van der Waals surface area contributed by atoms with Crippen LogP contribution in [0.1, 0.15) is 37.0 Å². The first-order chi connectivity index (χ1) is 10.8. The summed E-state index contributed by atoms with van der Waals surface area (Å²) in [6, 6.07) is 7.69. The number of hydrogen-bond acceptors (Lipinski definition) is 5. The van der Waals surface area contributed by atoms with Gasteiger partial charge in [0.15, 0.2) is 0 Å². The molecule has 0 saturated carbocycles. The molecule has 124 valence electrons. The molecule has 0 fully saturated rings. The highest BCUT2D eigenvalue weighted by Crippen LogP contribution is 2.13. The molecule has 1 heterocycles. The topological polar surface area (TPSA) is 63.2 Å². The molecular weight excluding hydrogens is 310 g/mol. The number of anilines is 1. The molecule has 5 nitrogen and oxygen atoms in total. The number of aryl methyl sites for hydroxylation is 1. The van der Waals surface area contributed by atoms with Gasteiger partial charge in [0.05, 0.1) is 10.7 Å². The molecule has 1 aromatic carbocycles. The third-order valence-corrected chi connectivity index (χ3v) is 3.72. The molecule has 0 bridgehead atoms. The highest BCUT2D eigenvalue weighted by atomic mass is 32.1. The summed E-state index contributed by atoms with van der Waals surface area (Å²) >= 11 is 1.66. The fourth-order valence-corrected chi connectivity index (χ4v) is 2.56. The zero-order chi connectivity index (χ0) is 16.9. The van der Waals surface area contributed by atoms with Crippen molar-refractivity contribution in [2.45, 2.75) is 46.4 Å². The summed E-state index contributed by atoms with van der Waals surface area (Å²) in [6.45, 7) is 9.03. The molecular formula is C17H23N3O2S. The van der Waals surface area contributed by atoms with Crippen LogP contribution < -0.4 is 10.6 Å². The summed E-state index contributed by atoms with van der Waals surface area (Å²) in [6.07, 6.45) is -0.442. The second kappa shape index (κ2) is 7.57. The van der Waals surface area contributed by atoms with E-state index in [1.807, 2.05) is 52.0 Å². The predicted molar refractivity (Wildman–Crippen MR) is 93.7 cm³/mol. The molecule has 0 spiro atoms. The molecule has 2 aromatic rings. The maximum Gasteiger partial charge on any atom is 0.412 e. The minimum Gasteiger partial charge on any atom is -0.444 e. The molecule has 0 saturated heterocycles. The van der Waals surface area contributed by atoms with Crippen molar-refractivity contribution in [3.05, 3.63) is 45.9 Å². The average molecular weight is 333 g/mol. The van der Waals surface area contributed by atoms with Crippen LogP contribution in [0.15, 0.2) is 29.6 Å². The lowest BCUT2D eigenvalue weighted by Gasteiger charge is -2.19. The number of amides is 1. The van der Waals surface area contributed by atoms with E-state index < -0.39 is 11.7 Å². The van der Waals surface area contributed by atoms with Crippen molar-refractivity contribution in [2.75, 3.05) is 5.32 Å². The highest BCUT2D eigenvalue weighted by Gasteiger charge is 2.15. The molecule has 23 heavy (non-hydrogen) atoms. The molecule has 0 unspecified atom stereocenters. The zero-order valence-electron chi connectivity index (χ0n) is 14.0. The monoisotopic (exact) mass is 333 g/mol. The molecule has 6 heteroatoms. The van der Waals surface area contributed by atoms with Crippen molar-refractivity contribution < 1.29 is 9.53 Å². The maximum atomic E-state index is 11.7. The summed E-state index contributed by atoms with van der Waals surface area (Å²) in [5.41, 5.74) is 2.43. The average Bonchev–Trinajstić information content (AvgIpc) is 2.84. The van der Waals surface area contributed by atoms with E-state index in [1.54, 1.807) is 11.3 Å². The maximum absolute atomic E-state index is 11.7. The minimum atomic E-state index is -0.498. The van der Waals surface area contributed by atoms with Crippen molar-refractivity contribution in [3.8, 4) is 0 Å². The fourth-order valence-electron chi connectivity index (χ4n) is 1.95. The number of thiazole rings is 1. The van der Waals surface area contributed by atoms with Crippen LogP contribution in [-0.2, 0) is 17.8 Å². The van der Waals surface area contributed by atoms with E-state index in [0.717, 1.165) is 35.0 Å². The molecule has 1 aromatic heterocycles. The Morgan fingerprint density at radius 1 is 1.22 bits per heavy atom. The number of nitrogens with one attached hydrogen (secondary N) is 2. The summed E-state index contributed by atoms with van der Waals surface area (Å²) in [7, 11) is 0. The lowest BCUT2D eigenvalue weighted by Crippen LogP contribution is -2.27. The summed E-state index contributed by atoms with van der Waals surface area (Å²) in [5, 5.41) is 9.22. The number of nitrogens with zero attached hydrogens (tertiary/aromatic N) is 1. The van der Waals surface area contributed by atoms with Crippen LogP contribution in [0.3, 0.4) is 0 Å². The van der Waals surface area contributed by atoms with Gasteiger partial charge in [-0.1, -0.05) is 12.1 Å². The Morgan fingerprint density at radius 2 is 1.91 bits per heavy atom. The van der Waals surface area contributed by atoms with Crippen LogP contribution in [0.4, 0.5) is 10.5 Å². The van der Waals surface area contributed by atoms with Crippen LogP contribution in [0.2, 0.25) is 0 Å². The minimum absolute atomic E-state index is 0.442. The Morgan fingerprint density at radius 3 is 2.48 bits per heavy atom. The molecule has 0 atom stereocenters. The third-order valence-electron chi connectivity index (χ3n) is 2.90. The molecule has 2 N–H and O–H groups in total.